The number of rotatable bonds is 5. The Morgan fingerprint density at radius 3 is 2.40 bits per heavy atom. The number of aliphatic hydroxyl groups excluding tert-OH is 1. The van der Waals surface area contributed by atoms with Crippen molar-refractivity contribution in [1.82, 2.24) is 0 Å². The monoisotopic (exact) mass is 278 g/mol. The molecule has 2 nitrogen and oxygen atoms in total. The van der Waals surface area contributed by atoms with Gasteiger partial charge in [0.05, 0.1) is 13.2 Å². The SMILES string of the molecule is COc1ccc(CCC(O)c2ccc(F)cc2F)cc1. The molecule has 0 saturated carbocycles. The fraction of sp³-hybridized carbons (Fsp3) is 0.250. The Morgan fingerprint density at radius 1 is 1.10 bits per heavy atom. The molecule has 0 spiro atoms. The minimum absolute atomic E-state index is 0.125. The van der Waals surface area contributed by atoms with E-state index in [-0.39, 0.29) is 5.56 Å². The molecule has 0 aliphatic rings. The van der Waals surface area contributed by atoms with Gasteiger partial charge in [-0.1, -0.05) is 18.2 Å². The maximum atomic E-state index is 13.5. The molecule has 106 valence electrons. The molecule has 0 fully saturated rings. The van der Waals surface area contributed by atoms with Gasteiger partial charge in [-0.15, -0.1) is 0 Å². The highest BCUT2D eigenvalue weighted by molar-refractivity contribution is 5.27. The molecule has 2 aromatic rings. The normalized spacial score (nSPS) is 12.2. The van der Waals surface area contributed by atoms with E-state index in [1.54, 1.807) is 7.11 Å². The van der Waals surface area contributed by atoms with Crippen LogP contribution in [0.1, 0.15) is 23.7 Å². The first-order valence-electron chi connectivity index (χ1n) is 6.36. The maximum absolute atomic E-state index is 13.5. The molecule has 1 atom stereocenters. The molecule has 2 aromatic carbocycles. The van der Waals surface area contributed by atoms with Crippen LogP contribution in [0.2, 0.25) is 0 Å². The summed E-state index contributed by atoms with van der Waals surface area (Å²) in [6.45, 7) is 0. The minimum atomic E-state index is -0.947. The first kappa shape index (κ1) is 14.5. The van der Waals surface area contributed by atoms with Crippen molar-refractivity contribution >= 4 is 0 Å². The lowest BCUT2D eigenvalue weighted by Gasteiger charge is -2.12. The molecule has 0 heterocycles. The lowest BCUT2D eigenvalue weighted by molar-refractivity contribution is 0.163. The molecular weight excluding hydrogens is 262 g/mol. The Bertz CT molecular complexity index is 567. The van der Waals surface area contributed by atoms with Crippen molar-refractivity contribution in [3.63, 3.8) is 0 Å². The van der Waals surface area contributed by atoms with E-state index < -0.39 is 17.7 Å². The Morgan fingerprint density at radius 2 is 1.80 bits per heavy atom. The fourth-order valence-electron chi connectivity index (χ4n) is 2.02. The molecule has 0 saturated heterocycles. The van der Waals surface area contributed by atoms with Crippen molar-refractivity contribution < 1.29 is 18.6 Å². The fourth-order valence-corrected chi connectivity index (χ4v) is 2.02. The van der Waals surface area contributed by atoms with Crippen LogP contribution in [-0.4, -0.2) is 12.2 Å². The van der Waals surface area contributed by atoms with Gasteiger partial charge in [0.15, 0.2) is 0 Å². The predicted octanol–water partition coefficient (Wildman–Crippen LogP) is 3.64. The van der Waals surface area contributed by atoms with E-state index in [4.69, 9.17) is 4.74 Å². The summed E-state index contributed by atoms with van der Waals surface area (Å²) in [5.41, 5.74) is 1.15. The molecule has 1 N–H and O–H groups in total. The van der Waals surface area contributed by atoms with E-state index in [0.29, 0.717) is 12.8 Å². The number of hydrogen-bond acceptors (Lipinski definition) is 2. The van der Waals surface area contributed by atoms with Crippen LogP contribution >= 0.6 is 0 Å². The number of aliphatic hydroxyl groups is 1. The zero-order valence-electron chi connectivity index (χ0n) is 11.1. The topological polar surface area (TPSA) is 29.5 Å². The highest BCUT2D eigenvalue weighted by Crippen LogP contribution is 2.23. The predicted molar refractivity (Wildman–Crippen MR) is 72.6 cm³/mol. The summed E-state index contributed by atoms with van der Waals surface area (Å²) in [6, 6.07) is 10.7. The van der Waals surface area contributed by atoms with E-state index in [9.17, 15) is 13.9 Å². The number of ether oxygens (including phenoxy) is 1. The van der Waals surface area contributed by atoms with E-state index in [2.05, 4.69) is 0 Å². The number of aryl methyl sites for hydroxylation is 1. The van der Waals surface area contributed by atoms with Crippen LogP contribution in [0.4, 0.5) is 8.78 Å². The summed E-state index contributed by atoms with van der Waals surface area (Å²) in [7, 11) is 1.59. The molecular formula is C16H16F2O2. The van der Waals surface area contributed by atoms with Gasteiger partial charge in [0.1, 0.15) is 17.4 Å². The first-order valence-corrected chi connectivity index (χ1v) is 6.36. The van der Waals surface area contributed by atoms with Gasteiger partial charge in [0, 0.05) is 11.6 Å². The van der Waals surface area contributed by atoms with Crippen LogP contribution < -0.4 is 4.74 Å². The quantitative estimate of drug-likeness (QED) is 0.904. The summed E-state index contributed by atoms with van der Waals surface area (Å²) in [5.74, 6) is -0.597. The molecule has 1 unspecified atom stereocenters. The lowest BCUT2D eigenvalue weighted by atomic mass is 10.0. The third kappa shape index (κ3) is 3.54. The zero-order valence-corrected chi connectivity index (χ0v) is 11.1. The van der Waals surface area contributed by atoms with Crippen LogP contribution in [0.5, 0.6) is 5.75 Å². The van der Waals surface area contributed by atoms with Crippen LogP contribution in [0.3, 0.4) is 0 Å². The van der Waals surface area contributed by atoms with Gasteiger partial charge < -0.3 is 9.84 Å². The molecule has 0 amide bonds. The third-order valence-electron chi connectivity index (χ3n) is 3.19. The summed E-state index contributed by atoms with van der Waals surface area (Å²) in [6.07, 6.45) is 0.0225. The van der Waals surface area contributed by atoms with Gasteiger partial charge in [0.2, 0.25) is 0 Å². The van der Waals surface area contributed by atoms with E-state index >= 15 is 0 Å². The molecule has 0 aromatic heterocycles. The second-order valence-corrected chi connectivity index (χ2v) is 4.57. The zero-order chi connectivity index (χ0) is 14.5. The summed E-state index contributed by atoms with van der Waals surface area (Å²) in [5, 5.41) is 9.97. The summed E-state index contributed by atoms with van der Waals surface area (Å²) < 4.78 is 31.4. The van der Waals surface area contributed by atoms with Gasteiger partial charge in [-0.05, 0) is 36.6 Å². The van der Waals surface area contributed by atoms with Gasteiger partial charge in [-0.25, -0.2) is 8.78 Å². The summed E-state index contributed by atoms with van der Waals surface area (Å²) in [4.78, 5) is 0. The number of benzene rings is 2. The van der Waals surface area contributed by atoms with Crippen LogP contribution in [0, 0.1) is 11.6 Å². The van der Waals surface area contributed by atoms with Crippen molar-refractivity contribution in [2.24, 2.45) is 0 Å². The first-order chi connectivity index (χ1) is 9.60. The van der Waals surface area contributed by atoms with Crippen molar-refractivity contribution in [2.45, 2.75) is 18.9 Å². The molecule has 0 aliphatic carbocycles. The second kappa shape index (κ2) is 6.48. The summed E-state index contributed by atoms with van der Waals surface area (Å²) >= 11 is 0. The molecule has 20 heavy (non-hydrogen) atoms. The van der Waals surface area contributed by atoms with Crippen LogP contribution in [0.25, 0.3) is 0 Å². The van der Waals surface area contributed by atoms with Crippen LogP contribution in [-0.2, 0) is 6.42 Å². The van der Waals surface area contributed by atoms with Crippen molar-refractivity contribution in [2.75, 3.05) is 7.11 Å². The molecule has 0 aliphatic heterocycles. The van der Waals surface area contributed by atoms with Gasteiger partial charge in [-0.3, -0.25) is 0 Å². The highest BCUT2D eigenvalue weighted by Gasteiger charge is 2.13. The Kier molecular flexibility index (Phi) is 4.69. The average Bonchev–Trinajstić information content (AvgIpc) is 2.45. The second-order valence-electron chi connectivity index (χ2n) is 4.57. The van der Waals surface area contributed by atoms with Crippen molar-refractivity contribution in [3.8, 4) is 5.75 Å². The largest absolute Gasteiger partial charge is 0.497 e. The average molecular weight is 278 g/mol. The van der Waals surface area contributed by atoms with Gasteiger partial charge in [-0.2, -0.15) is 0 Å². The highest BCUT2D eigenvalue weighted by atomic mass is 19.1. The van der Waals surface area contributed by atoms with E-state index in [0.717, 1.165) is 23.4 Å². The smallest absolute Gasteiger partial charge is 0.131 e. The standard InChI is InChI=1S/C16H16F2O2/c1-20-13-6-2-11(3-7-13)4-9-16(19)14-8-5-12(17)10-15(14)18/h2-3,5-8,10,16,19H,4,9H2,1H3. The van der Waals surface area contributed by atoms with Crippen LogP contribution in [0.15, 0.2) is 42.5 Å². The number of hydrogen-bond donors (Lipinski definition) is 1. The Balaban J connectivity index is 1.98. The number of methoxy groups -OCH3 is 1. The minimum Gasteiger partial charge on any atom is -0.497 e. The lowest BCUT2D eigenvalue weighted by Crippen LogP contribution is -2.03. The molecule has 4 heteroatoms. The van der Waals surface area contributed by atoms with E-state index in [1.165, 1.54) is 6.07 Å². The van der Waals surface area contributed by atoms with Crippen molar-refractivity contribution in [1.29, 1.82) is 0 Å². The van der Waals surface area contributed by atoms with Gasteiger partial charge in [0.25, 0.3) is 0 Å². The van der Waals surface area contributed by atoms with Crippen molar-refractivity contribution in [3.05, 3.63) is 65.2 Å². The Hall–Kier alpha value is -1.94. The molecule has 2 rings (SSSR count). The van der Waals surface area contributed by atoms with E-state index in [1.807, 2.05) is 24.3 Å². The maximum Gasteiger partial charge on any atom is 0.131 e. The molecule has 0 bridgehead atoms. The molecule has 0 radical (unpaired) electrons. The third-order valence-corrected chi connectivity index (χ3v) is 3.19. The number of halogens is 2. The Labute approximate surface area is 116 Å². The van der Waals surface area contributed by atoms with Gasteiger partial charge >= 0.3 is 0 Å².